The molecular formula is C24H18ClFN2O5S. The van der Waals surface area contributed by atoms with Crippen molar-refractivity contribution in [1.82, 2.24) is 4.31 Å². The van der Waals surface area contributed by atoms with Crippen LogP contribution in [0.15, 0.2) is 83.4 Å². The lowest BCUT2D eigenvalue weighted by atomic mass is 9.95. The summed E-state index contributed by atoms with van der Waals surface area (Å²) in [5, 5.41) is 2.78. The van der Waals surface area contributed by atoms with Gasteiger partial charge in [-0.15, -0.1) is 0 Å². The number of halogens is 2. The number of amides is 1. The van der Waals surface area contributed by atoms with Crippen LogP contribution in [0.25, 0.3) is 5.57 Å². The van der Waals surface area contributed by atoms with Gasteiger partial charge in [0, 0.05) is 21.8 Å². The van der Waals surface area contributed by atoms with E-state index in [4.69, 9.17) is 16.3 Å². The molecule has 0 saturated heterocycles. The summed E-state index contributed by atoms with van der Waals surface area (Å²) in [6, 6.07) is 17.8. The van der Waals surface area contributed by atoms with Crippen molar-refractivity contribution in [3.63, 3.8) is 0 Å². The molecule has 0 aliphatic carbocycles. The predicted octanol–water partition coefficient (Wildman–Crippen LogP) is 4.05. The highest BCUT2D eigenvalue weighted by molar-refractivity contribution is 7.89. The number of hydrogen-bond acceptors (Lipinski definition) is 5. The van der Waals surface area contributed by atoms with Crippen molar-refractivity contribution in [3.05, 3.63) is 100 Å². The molecule has 1 heterocycles. The quantitative estimate of drug-likeness (QED) is 0.533. The maximum absolute atomic E-state index is 13.6. The molecule has 34 heavy (non-hydrogen) atoms. The molecule has 0 atom stereocenters. The van der Waals surface area contributed by atoms with Gasteiger partial charge in [-0.1, -0.05) is 41.9 Å². The zero-order chi connectivity index (χ0) is 24.5. The highest BCUT2D eigenvalue weighted by Gasteiger charge is 2.41. The van der Waals surface area contributed by atoms with Gasteiger partial charge >= 0.3 is 5.97 Å². The topological polar surface area (TPSA) is 92.8 Å². The van der Waals surface area contributed by atoms with Gasteiger partial charge in [0.1, 0.15) is 18.1 Å². The second-order valence-corrected chi connectivity index (χ2v) is 9.56. The van der Waals surface area contributed by atoms with E-state index in [2.05, 4.69) is 5.32 Å². The van der Waals surface area contributed by atoms with Gasteiger partial charge < -0.3 is 10.1 Å². The van der Waals surface area contributed by atoms with Crippen molar-refractivity contribution >= 4 is 44.8 Å². The number of anilines is 1. The van der Waals surface area contributed by atoms with Crippen LogP contribution in [0.3, 0.4) is 0 Å². The predicted molar refractivity (Wildman–Crippen MR) is 125 cm³/mol. The van der Waals surface area contributed by atoms with Crippen LogP contribution in [0, 0.1) is 5.82 Å². The van der Waals surface area contributed by atoms with Gasteiger partial charge in [-0.2, -0.15) is 0 Å². The number of nitrogens with one attached hydrogen (secondary N) is 1. The molecular weight excluding hydrogens is 483 g/mol. The first-order valence-corrected chi connectivity index (χ1v) is 11.8. The van der Waals surface area contributed by atoms with Crippen molar-refractivity contribution in [2.75, 3.05) is 19.0 Å². The Morgan fingerprint density at radius 1 is 1.03 bits per heavy atom. The Kier molecular flexibility index (Phi) is 6.41. The number of carbonyl (C=O) groups is 2. The molecule has 174 valence electrons. The van der Waals surface area contributed by atoms with Crippen LogP contribution in [0.4, 0.5) is 10.1 Å². The Hall–Kier alpha value is -3.69. The van der Waals surface area contributed by atoms with Crippen LogP contribution in [-0.2, 0) is 24.3 Å². The Morgan fingerprint density at radius 2 is 1.71 bits per heavy atom. The summed E-state index contributed by atoms with van der Waals surface area (Å²) in [5.74, 6) is -2.17. The van der Waals surface area contributed by atoms with E-state index in [-0.39, 0.29) is 32.4 Å². The second kappa shape index (κ2) is 9.28. The normalized spacial score (nSPS) is 14.4. The van der Waals surface area contributed by atoms with Crippen molar-refractivity contribution < 1.29 is 27.1 Å². The number of ether oxygens (including phenoxy) is 1. The molecule has 4 rings (SSSR count). The lowest BCUT2D eigenvalue weighted by Crippen LogP contribution is -2.43. The zero-order valence-corrected chi connectivity index (χ0v) is 19.4. The minimum Gasteiger partial charge on any atom is -0.464 e. The summed E-state index contributed by atoms with van der Waals surface area (Å²) in [5.41, 5.74) is 0.950. The first kappa shape index (κ1) is 23.5. The number of carbonyl (C=O) groups excluding carboxylic acids is 2. The largest absolute Gasteiger partial charge is 0.464 e. The SMILES string of the molecule is COC(=O)C1=C(c2ccccc2)c2cc(Cl)ccc2S(=O)(=O)N1CC(=O)Nc1ccc(F)cc1. The third kappa shape index (κ3) is 4.40. The number of sulfonamides is 1. The molecule has 0 radical (unpaired) electrons. The standard InChI is InChI=1S/C24H18ClFN2O5S/c1-33-24(30)23-22(15-5-3-2-4-6-15)19-13-16(25)7-12-20(19)34(31,32)28(23)14-21(29)27-18-10-8-17(26)9-11-18/h2-13H,14H2,1H3,(H,27,29). The molecule has 0 bridgehead atoms. The van der Waals surface area contributed by atoms with Crippen LogP contribution in [0.1, 0.15) is 11.1 Å². The minimum absolute atomic E-state index is 0.113. The molecule has 0 spiro atoms. The van der Waals surface area contributed by atoms with E-state index >= 15 is 0 Å². The Balaban J connectivity index is 1.88. The fraction of sp³-hybridized carbons (Fsp3) is 0.0833. The lowest BCUT2D eigenvalue weighted by molar-refractivity contribution is -0.137. The van der Waals surface area contributed by atoms with E-state index in [1.54, 1.807) is 30.3 Å². The van der Waals surface area contributed by atoms with E-state index in [0.29, 0.717) is 5.56 Å². The van der Waals surface area contributed by atoms with E-state index < -0.39 is 34.3 Å². The molecule has 1 aliphatic heterocycles. The molecule has 10 heteroatoms. The molecule has 3 aromatic carbocycles. The van der Waals surface area contributed by atoms with Crippen LogP contribution in [-0.4, -0.2) is 38.3 Å². The lowest BCUT2D eigenvalue weighted by Gasteiger charge is -2.32. The number of esters is 1. The van der Waals surface area contributed by atoms with Crippen LogP contribution < -0.4 is 5.32 Å². The van der Waals surface area contributed by atoms with E-state index in [1.807, 2.05) is 0 Å². The maximum atomic E-state index is 13.6. The van der Waals surface area contributed by atoms with Gasteiger partial charge in [0.2, 0.25) is 5.91 Å². The summed E-state index contributed by atoms with van der Waals surface area (Å²) in [4.78, 5) is 25.6. The average Bonchev–Trinajstić information content (AvgIpc) is 2.82. The zero-order valence-electron chi connectivity index (χ0n) is 17.8. The van der Waals surface area contributed by atoms with Crippen LogP contribution in [0.2, 0.25) is 5.02 Å². The third-order valence-corrected chi connectivity index (χ3v) is 7.16. The Bertz CT molecular complexity index is 1410. The number of benzene rings is 3. The van der Waals surface area contributed by atoms with Crippen molar-refractivity contribution in [3.8, 4) is 0 Å². The monoisotopic (exact) mass is 500 g/mol. The molecule has 7 nitrogen and oxygen atoms in total. The number of hydrogen-bond donors (Lipinski definition) is 1. The van der Waals surface area contributed by atoms with Crippen LogP contribution in [0.5, 0.6) is 0 Å². The third-order valence-electron chi connectivity index (χ3n) is 5.12. The fourth-order valence-corrected chi connectivity index (χ4v) is 5.42. The molecule has 0 fully saturated rings. The van der Waals surface area contributed by atoms with E-state index in [1.165, 1.54) is 30.3 Å². The average molecular weight is 501 g/mol. The van der Waals surface area contributed by atoms with E-state index in [0.717, 1.165) is 23.5 Å². The highest BCUT2D eigenvalue weighted by atomic mass is 35.5. The Morgan fingerprint density at radius 3 is 2.35 bits per heavy atom. The Labute approximate surface area is 200 Å². The first-order valence-electron chi connectivity index (χ1n) is 9.98. The van der Waals surface area contributed by atoms with Gasteiger partial charge in [0.05, 0.1) is 12.0 Å². The summed E-state index contributed by atoms with van der Waals surface area (Å²) >= 11 is 6.17. The smallest absolute Gasteiger partial charge is 0.356 e. The second-order valence-electron chi connectivity index (χ2n) is 7.29. The minimum atomic E-state index is -4.34. The maximum Gasteiger partial charge on any atom is 0.356 e. The molecule has 1 N–H and O–H groups in total. The summed E-state index contributed by atoms with van der Waals surface area (Å²) < 4.78 is 46.0. The van der Waals surface area contributed by atoms with Gasteiger partial charge in [0.25, 0.3) is 10.0 Å². The molecule has 0 aromatic heterocycles. The number of fused-ring (bicyclic) bond motifs is 1. The highest BCUT2D eigenvalue weighted by Crippen LogP contribution is 2.41. The summed E-state index contributed by atoms with van der Waals surface area (Å²) in [6.45, 7) is -0.720. The van der Waals surface area contributed by atoms with Gasteiger partial charge in [-0.05, 0) is 48.0 Å². The van der Waals surface area contributed by atoms with E-state index in [9.17, 15) is 22.4 Å². The van der Waals surface area contributed by atoms with Crippen molar-refractivity contribution in [2.45, 2.75) is 4.90 Å². The van der Waals surface area contributed by atoms with Crippen LogP contribution >= 0.6 is 11.6 Å². The summed E-state index contributed by atoms with van der Waals surface area (Å²) in [6.07, 6.45) is 0. The van der Waals surface area contributed by atoms with Crippen molar-refractivity contribution in [2.24, 2.45) is 0 Å². The number of methoxy groups -OCH3 is 1. The van der Waals surface area contributed by atoms with Gasteiger partial charge in [0.15, 0.2) is 0 Å². The molecule has 0 unspecified atom stereocenters. The summed E-state index contributed by atoms with van der Waals surface area (Å²) in [7, 11) is -3.22. The molecule has 0 saturated carbocycles. The first-order chi connectivity index (χ1) is 16.2. The van der Waals surface area contributed by atoms with Gasteiger partial charge in [-0.3, -0.25) is 4.79 Å². The molecule has 1 aliphatic rings. The molecule has 1 amide bonds. The number of nitrogens with zero attached hydrogens (tertiary/aromatic N) is 1. The van der Waals surface area contributed by atoms with Gasteiger partial charge in [-0.25, -0.2) is 21.9 Å². The van der Waals surface area contributed by atoms with Crippen molar-refractivity contribution in [1.29, 1.82) is 0 Å². The molecule has 3 aromatic rings. The fourth-order valence-electron chi connectivity index (χ4n) is 3.64. The number of rotatable bonds is 5.